The van der Waals surface area contributed by atoms with Gasteiger partial charge in [-0.25, -0.2) is 0 Å². The van der Waals surface area contributed by atoms with Crippen molar-refractivity contribution in [2.24, 2.45) is 0 Å². The Morgan fingerprint density at radius 1 is 1.62 bits per heavy atom. The number of fused-ring (bicyclic) bond motifs is 1. The summed E-state index contributed by atoms with van der Waals surface area (Å²) in [7, 11) is 0. The molecule has 13 heavy (non-hydrogen) atoms. The molecule has 1 aromatic rings. The van der Waals surface area contributed by atoms with E-state index in [1.807, 2.05) is 10.3 Å². The lowest BCUT2D eigenvalue weighted by Gasteiger charge is -2.14. The van der Waals surface area contributed by atoms with Crippen molar-refractivity contribution in [3.8, 4) is 0 Å². The Labute approximate surface area is 82.2 Å². The van der Waals surface area contributed by atoms with Gasteiger partial charge in [-0.2, -0.15) is 0 Å². The lowest BCUT2D eigenvalue weighted by atomic mass is 10.3. The molecule has 0 atom stereocenters. The Kier molecular flexibility index (Phi) is 2.36. The molecule has 0 saturated heterocycles. The summed E-state index contributed by atoms with van der Waals surface area (Å²) in [5.74, 6) is 0.235. The smallest absolute Gasteiger partial charge is 0.264 e. The monoisotopic (exact) mass is 195 g/mol. The van der Waals surface area contributed by atoms with E-state index < -0.39 is 0 Å². The molecule has 0 spiro atoms. The Bertz CT molecular complexity index is 318. The first-order valence-corrected chi connectivity index (χ1v) is 5.56. The molecule has 3 heteroatoms. The van der Waals surface area contributed by atoms with Crippen LogP contribution >= 0.6 is 11.3 Å². The zero-order chi connectivity index (χ0) is 9.26. The van der Waals surface area contributed by atoms with Crippen LogP contribution in [0.4, 0.5) is 0 Å². The topological polar surface area (TPSA) is 20.3 Å². The predicted octanol–water partition coefficient (Wildman–Crippen LogP) is 2.50. The number of rotatable bonds is 3. The third kappa shape index (κ3) is 1.48. The molecule has 0 radical (unpaired) electrons. The van der Waals surface area contributed by atoms with Crippen molar-refractivity contribution in [2.75, 3.05) is 6.54 Å². The van der Waals surface area contributed by atoms with Crippen molar-refractivity contribution in [2.45, 2.75) is 26.3 Å². The second-order valence-corrected chi connectivity index (χ2v) is 4.27. The molecule has 1 amide bonds. The highest BCUT2D eigenvalue weighted by atomic mass is 32.1. The molecule has 2 heterocycles. The van der Waals surface area contributed by atoms with Gasteiger partial charge in [-0.3, -0.25) is 4.79 Å². The van der Waals surface area contributed by atoms with Gasteiger partial charge >= 0.3 is 0 Å². The molecule has 0 bridgehead atoms. The first-order valence-electron chi connectivity index (χ1n) is 4.68. The predicted molar refractivity (Wildman–Crippen MR) is 54.0 cm³/mol. The molecule has 1 aliphatic rings. The van der Waals surface area contributed by atoms with E-state index >= 15 is 0 Å². The number of carbonyl (C=O) groups is 1. The van der Waals surface area contributed by atoms with Crippen LogP contribution in [0.15, 0.2) is 11.4 Å². The van der Waals surface area contributed by atoms with Gasteiger partial charge in [0.25, 0.3) is 5.91 Å². The second-order valence-electron chi connectivity index (χ2n) is 3.36. The fraction of sp³-hybridized carbons (Fsp3) is 0.500. The largest absolute Gasteiger partial charge is 0.334 e. The Balaban J connectivity index is 2.06. The van der Waals surface area contributed by atoms with Gasteiger partial charge in [0, 0.05) is 13.1 Å². The Morgan fingerprint density at radius 3 is 3.15 bits per heavy atom. The summed E-state index contributed by atoms with van der Waals surface area (Å²) in [6, 6.07) is 2.06. The first kappa shape index (κ1) is 8.75. The number of unbranched alkanes of at least 4 members (excludes halogenated alkanes) is 1. The van der Waals surface area contributed by atoms with Crippen LogP contribution in [0.25, 0.3) is 0 Å². The summed E-state index contributed by atoms with van der Waals surface area (Å²) in [6.07, 6.45) is 2.26. The highest BCUT2D eigenvalue weighted by molar-refractivity contribution is 7.12. The van der Waals surface area contributed by atoms with Crippen molar-refractivity contribution >= 4 is 17.2 Å². The molecule has 2 nitrogen and oxygen atoms in total. The fourth-order valence-corrected chi connectivity index (χ4v) is 2.48. The van der Waals surface area contributed by atoms with E-state index in [4.69, 9.17) is 0 Å². The molecule has 1 aromatic heterocycles. The van der Waals surface area contributed by atoms with E-state index in [2.05, 4.69) is 13.0 Å². The molecule has 0 fully saturated rings. The maximum absolute atomic E-state index is 11.7. The molecule has 1 aliphatic heterocycles. The van der Waals surface area contributed by atoms with E-state index in [0.717, 1.165) is 30.8 Å². The van der Waals surface area contributed by atoms with Crippen molar-refractivity contribution in [3.63, 3.8) is 0 Å². The summed E-state index contributed by atoms with van der Waals surface area (Å²) in [6.45, 7) is 3.89. The van der Waals surface area contributed by atoms with Gasteiger partial charge in [-0.15, -0.1) is 11.3 Å². The summed E-state index contributed by atoms with van der Waals surface area (Å²) >= 11 is 1.57. The fourth-order valence-electron chi connectivity index (χ4n) is 1.60. The van der Waals surface area contributed by atoms with Crippen LogP contribution in [-0.2, 0) is 6.54 Å². The highest BCUT2D eigenvalue weighted by Gasteiger charge is 2.27. The minimum atomic E-state index is 0.235. The molecular weight excluding hydrogens is 182 g/mol. The molecule has 2 rings (SSSR count). The molecule has 0 aromatic carbocycles. The summed E-state index contributed by atoms with van der Waals surface area (Å²) < 4.78 is 0. The second kappa shape index (κ2) is 3.50. The van der Waals surface area contributed by atoms with Gasteiger partial charge in [0.1, 0.15) is 0 Å². The van der Waals surface area contributed by atoms with Crippen LogP contribution in [0.5, 0.6) is 0 Å². The van der Waals surface area contributed by atoms with Crippen LogP contribution in [-0.4, -0.2) is 17.4 Å². The van der Waals surface area contributed by atoms with Crippen LogP contribution in [0.1, 0.15) is 35.0 Å². The summed E-state index contributed by atoms with van der Waals surface area (Å²) in [5, 5.41) is 2.00. The lowest BCUT2D eigenvalue weighted by molar-refractivity contribution is 0.0779. The van der Waals surface area contributed by atoms with Gasteiger partial charge in [-0.05, 0) is 23.4 Å². The highest BCUT2D eigenvalue weighted by Crippen LogP contribution is 2.27. The molecule has 0 saturated carbocycles. The van der Waals surface area contributed by atoms with E-state index in [1.165, 1.54) is 5.56 Å². The maximum Gasteiger partial charge on any atom is 0.264 e. The molecule has 0 N–H and O–H groups in total. The normalized spacial score (nSPS) is 15.2. The SMILES string of the molecule is CCCCN1Cc2ccsc2C1=O. The van der Waals surface area contributed by atoms with Crippen LogP contribution < -0.4 is 0 Å². The molecule has 0 unspecified atom stereocenters. The summed E-state index contributed by atoms with van der Waals surface area (Å²) in [4.78, 5) is 14.6. The van der Waals surface area contributed by atoms with Crippen LogP contribution in [0, 0.1) is 0 Å². The van der Waals surface area contributed by atoms with Crippen molar-refractivity contribution in [3.05, 3.63) is 21.9 Å². The van der Waals surface area contributed by atoms with Crippen molar-refractivity contribution < 1.29 is 4.79 Å². The van der Waals surface area contributed by atoms with E-state index in [9.17, 15) is 4.79 Å². The number of amides is 1. The average molecular weight is 195 g/mol. The Morgan fingerprint density at radius 2 is 2.46 bits per heavy atom. The quantitative estimate of drug-likeness (QED) is 0.725. The van der Waals surface area contributed by atoms with Gasteiger partial charge < -0.3 is 4.90 Å². The number of thiophene rings is 1. The first-order chi connectivity index (χ1) is 6.33. The number of hydrogen-bond donors (Lipinski definition) is 0. The van der Waals surface area contributed by atoms with E-state index in [1.54, 1.807) is 11.3 Å². The van der Waals surface area contributed by atoms with Gasteiger partial charge in [0.15, 0.2) is 0 Å². The third-order valence-electron chi connectivity index (χ3n) is 2.37. The molecule has 0 aliphatic carbocycles. The van der Waals surface area contributed by atoms with Crippen LogP contribution in [0.3, 0.4) is 0 Å². The van der Waals surface area contributed by atoms with Crippen molar-refractivity contribution in [1.82, 2.24) is 4.90 Å². The van der Waals surface area contributed by atoms with E-state index in [0.29, 0.717) is 0 Å². The van der Waals surface area contributed by atoms with Crippen LogP contribution in [0.2, 0.25) is 0 Å². The lowest BCUT2D eigenvalue weighted by Crippen LogP contribution is -2.24. The molecular formula is C10H13NOS. The Hall–Kier alpha value is -0.830. The average Bonchev–Trinajstić information content (AvgIpc) is 2.67. The summed E-state index contributed by atoms with van der Waals surface area (Å²) in [5.41, 5.74) is 1.21. The van der Waals surface area contributed by atoms with Crippen molar-refractivity contribution in [1.29, 1.82) is 0 Å². The molecule has 70 valence electrons. The van der Waals surface area contributed by atoms with Gasteiger partial charge in [-0.1, -0.05) is 13.3 Å². The van der Waals surface area contributed by atoms with E-state index in [-0.39, 0.29) is 5.91 Å². The number of carbonyl (C=O) groups excluding carboxylic acids is 1. The van der Waals surface area contributed by atoms with Gasteiger partial charge in [0.05, 0.1) is 4.88 Å². The minimum Gasteiger partial charge on any atom is -0.334 e. The third-order valence-corrected chi connectivity index (χ3v) is 3.32. The maximum atomic E-state index is 11.7. The standard InChI is InChI=1S/C10H13NOS/c1-2-3-5-11-7-8-4-6-13-9(8)10(11)12/h4,6H,2-3,5,7H2,1H3. The zero-order valence-corrected chi connectivity index (χ0v) is 8.56. The van der Waals surface area contributed by atoms with Gasteiger partial charge in [0.2, 0.25) is 0 Å². The number of nitrogens with zero attached hydrogens (tertiary/aromatic N) is 1. The minimum absolute atomic E-state index is 0.235. The number of hydrogen-bond acceptors (Lipinski definition) is 2. The zero-order valence-electron chi connectivity index (χ0n) is 7.75.